The van der Waals surface area contributed by atoms with E-state index in [1.54, 1.807) is 0 Å². The monoisotopic (exact) mass is 215 g/mol. The summed E-state index contributed by atoms with van der Waals surface area (Å²) in [6, 6.07) is 9.50. The second-order valence-corrected chi connectivity index (χ2v) is 3.78. The van der Waals surface area contributed by atoms with Crippen molar-refractivity contribution in [3.05, 3.63) is 61.9 Å². The Morgan fingerprint density at radius 3 is 2.50 bits per heavy atom. The lowest BCUT2D eigenvalue weighted by Gasteiger charge is -2.07. The van der Waals surface area contributed by atoms with Crippen LogP contribution in [-0.4, -0.2) is 0 Å². The van der Waals surface area contributed by atoms with E-state index in [-0.39, 0.29) is 0 Å². The number of rotatable bonds is 4. The van der Waals surface area contributed by atoms with Crippen LogP contribution in [0.5, 0.6) is 0 Å². The van der Waals surface area contributed by atoms with Gasteiger partial charge in [0.25, 0.3) is 0 Å². The first-order valence-electron chi connectivity index (χ1n) is 5.32. The smallest absolute Gasteiger partial charge is 0.248 e. The Labute approximate surface area is 93.4 Å². The fourth-order valence-corrected chi connectivity index (χ4v) is 1.61. The average molecular weight is 215 g/mol. The first-order valence-corrected chi connectivity index (χ1v) is 5.32. The Kier molecular flexibility index (Phi) is 2.86. The molecule has 0 amide bonds. The summed E-state index contributed by atoms with van der Waals surface area (Å²) in [6.07, 6.45) is 0.994. The Bertz CT molecular complexity index is 565. The number of anilines is 1. The molecule has 0 aliphatic carbocycles. The van der Waals surface area contributed by atoms with Crippen molar-refractivity contribution >= 4 is 5.69 Å². The average Bonchev–Trinajstić information content (AvgIpc) is 2.34. The van der Waals surface area contributed by atoms with Gasteiger partial charge in [-0.1, -0.05) is 31.2 Å². The Morgan fingerprint density at radius 2 is 1.88 bits per heavy atom. The fourth-order valence-electron chi connectivity index (χ4n) is 1.61. The molecule has 0 aliphatic heterocycles. The molecule has 16 heavy (non-hydrogen) atoms. The van der Waals surface area contributed by atoms with Gasteiger partial charge in [0.05, 0.1) is 5.69 Å². The number of hydrogen-bond acceptors (Lipinski definition) is 3. The molecule has 0 saturated carbocycles. The van der Waals surface area contributed by atoms with Crippen molar-refractivity contribution in [3.8, 4) is 0 Å². The maximum Gasteiger partial charge on any atom is 0.248 e. The van der Waals surface area contributed by atoms with Crippen LogP contribution in [0.3, 0.4) is 0 Å². The lowest BCUT2D eigenvalue weighted by molar-refractivity contribution is 1.08. The lowest BCUT2D eigenvalue weighted by atomic mass is 10.1. The van der Waals surface area contributed by atoms with E-state index in [1.165, 1.54) is 11.6 Å². The molecule has 82 valence electrons. The SMILES string of the molecule is CCc1cccc(CNc2cc(=O)c2=O)c1. The van der Waals surface area contributed by atoms with Gasteiger partial charge in [-0.05, 0) is 17.5 Å². The van der Waals surface area contributed by atoms with Crippen LogP contribution in [0.1, 0.15) is 18.1 Å². The van der Waals surface area contributed by atoms with Crippen LogP contribution in [0.25, 0.3) is 0 Å². The normalized spacial score (nSPS) is 10.6. The van der Waals surface area contributed by atoms with E-state index in [0.29, 0.717) is 12.2 Å². The van der Waals surface area contributed by atoms with E-state index in [4.69, 9.17) is 0 Å². The molecule has 1 N–H and O–H groups in total. The van der Waals surface area contributed by atoms with Crippen molar-refractivity contribution in [2.45, 2.75) is 19.9 Å². The number of nitrogens with one attached hydrogen (secondary N) is 1. The quantitative estimate of drug-likeness (QED) is 0.785. The Hall–Kier alpha value is -1.90. The van der Waals surface area contributed by atoms with Gasteiger partial charge in [0.1, 0.15) is 0 Å². The van der Waals surface area contributed by atoms with Gasteiger partial charge in [-0.15, -0.1) is 0 Å². The maximum atomic E-state index is 11.0. The van der Waals surface area contributed by atoms with E-state index in [0.717, 1.165) is 12.0 Å². The molecule has 0 fully saturated rings. The predicted molar refractivity (Wildman–Crippen MR) is 64.5 cm³/mol. The topological polar surface area (TPSA) is 46.2 Å². The molecule has 0 bridgehead atoms. The standard InChI is InChI=1S/C13H13NO2/c1-2-9-4-3-5-10(6-9)8-14-11-7-12(15)13(11)16/h3-7,14H,2,8H2,1H3. The van der Waals surface area contributed by atoms with Crippen LogP contribution in [0.2, 0.25) is 0 Å². The molecule has 2 rings (SSSR count). The van der Waals surface area contributed by atoms with Crippen LogP contribution in [0.4, 0.5) is 5.69 Å². The second kappa shape index (κ2) is 4.31. The van der Waals surface area contributed by atoms with Gasteiger partial charge in [0.15, 0.2) is 0 Å². The highest BCUT2D eigenvalue weighted by Crippen LogP contribution is 2.07. The highest BCUT2D eigenvalue weighted by Gasteiger charge is 2.07. The third kappa shape index (κ3) is 2.03. The molecule has 3 heteroatoms. The van der Waals surface area contributed by atoms with Gasteiger partial charge in [-0.25, -0.2) is 0 Å². The molecule has 0 spiro atoms. The van der Waals surface area contributed by atoms with Gasteiger partial charge >= 0.3 is 0 Å². The summed E-state index contributed by atoms with van der Waals surface area (Å²) in [5, 5.41) is 2.96. The van der Waals surface area contributed by atoms with Gasteiger partial charge in [0.2, 0.25) is 10.9 Å². The molecule has 0 atom stereocenters. The highest BCUT2D eigenvalue weighted by atomic mass is 16.2. The fraction of sp³-hybridized carbons (Fsp3) is 0.231. The summed E-state index contributed by atoms with van der Waals surface area (Å²) in [7, 11) is 0. The van der Waals surface area contributed by atoms with Crippen LogP contribution in [0, 0.1) is 0 Å². The van der Waals surface area contributed by atoms with E-state index in [2.05, 4.69) is 24.4 Å². The minimum atomic E-state index is -0.412. The van der Waals surface area contributed by atoms with E-state index < -0.39 is 10.9 Å². The van der Waals surface area contributed by atoms with Crippen LogP contribution < -0.4 is 16.2 Å². The molecular formula is C13H13NO2. The summed E-state index contributed by atoms with van der Waals surface area (Å²) < 4.78 is 0. The van der Waals surface area contributed by atoms with Crippen molar-refractivity contribution in [3.63, 3.8) is 0 Å². The van der Waals surface area contributed by atoms with Gasteiger partial charge in [-0.2, -0.15) is 0 Å². The second-order valence-electron chi connectivity index (χ2n) is 3.78. The van der Waals surface area contributed by atoms with Crippen molar-refractivity contribution in [1.29, 1.82) is 0 Å². The van der Waals surface area contributed by atoms with E-state index in [9.17, 15) is 9.59 Å². The van der Waals surface area contributed by atoms with Gasteiger partial charge < -0.3 is 5.32 Å². The minimum Gasteiger partial charge on any atom is -0.378 e. The zero-order valence-electron chi connectivity index (χ0n) is 9.12. The zero-order chi connectivity index (χ0) is 11.5. The van der Waals surface area contributed by atoms with Crippen molar-refractivity contribution in [2.75, 3.05) is 5.32 Å². The van der Waals surface area contributed by atoms with Crippen molar-refractivity contribution < 1.29 is 0 Å². The Morgan fingerprint density at radius 1 is 1.12 bits per heavy atom. The maximum absolute atomic E-state index is 11.0. The van der Waals surface area contributed by atoms with Gasteiger partial charge in [0, 0.05) is 12.6 Å². The summed E-state index contributed by atoms with van der Waals surface area (Å²) >= 11 is 0. The number of aryl methyl sites for hydroxylation is 1. The molecule has 0 aliphatic rings. The van der Waals surface area contributed by atoms with Crippen LogP contribution in [0.15, 0.2) is 39.9 Å². The molecule has 0 unspecified atom stereocenters. The zero-order valence-corrected chi connectivity index (χ0v) is 9.12. The van der Waals surface area contributed by atoms with E-state index >= 15 is 0 Å². The van der Waals surface area contributed by atoms with Crippen molar-refractivity contribution in [2.24, 2.45) is 0 Å². The molecule has 3 nitrogen and oxygen atoms in total. The van der Waals surface area contributed by atoms with Crippen molar-refractivity contribution in [1.82, 2.24) is 0 Å². The molecule has 0 aromatic heterocycles. The highest BCUT2D eigenvalue weighted by molar-refractivity contribution is 5.47. The summed E-state index contributed by atoms with van der Waals surface area (Å²) in [5.41, 5.74) is 1.99. The molecule has 0 heterocycles. The molecule has 2 aromatic rings. The lowest BCUT2D eigenvalue weighted by Crippen LogP contribution is -2.32. The predicted octanol–water partition coefficient (Wildman–Crippen LogP) is 1.46. The third-order valence-corrected chi connectivity index (χ3v) is 2.63. The molecule has 0 radical (unpaired) electrons. The number of benzene rings is 1. The van der Waals surface area contributed by atoms with Crippen LogP contribution in [-0.2, 0) is 13.0 Å². The third-order valence-electron chi connectivity index (χ3n) is 2.63. The molecular weight excluding hydrogens is 202 g/mol. The Balaban J connectivity index is 2.03. The first-order chi connectivity index (χ1) is 7.70. The summed E-state index contributed by atoms with van der Waals surface area (Å²) in [6.45, 7) is 2.68. The largest absolute Gasteiger partial charge is 0.378 e. The summed E-state index contributed by atoms with van der Waals surface area (Å²) in [5.74, 6) is 0. The summed E-state index contributed by atoms with van der Waals surface area (Å²) in [4.78, 5) is 21.7. The minimum absolute atomic E-state index is 0.411. The van der Waals surface area contributed by atoms with Gasteiger partial charge in [-0.3, -0.25) is 9.59 Å². The molecule has 0 saturated heterocycles. The first kappa shape index (κ1) is 10.6. The van der Waals surface area contributed by atoms with Crippen LogP contribution >= 0.6 is 0 Å². The molecule has 2 aromatic carbocycles. The number of hydrogen-bond donors (Lipinski definition) is 1. The van der Waals surface area contributed by atoms with E-state index in [1.807, 2.05) is 12.1 Å².